The number of primary amides is 1. The summed E-state index contributed by atoms with van der Waals surface area (Å²) in [7, 11) is 1.70. The van der Waals surface area contributed by atoms with Crippen LogP contribution in [0.15, 0.2) is 48.7 Å². The van der Waals surface area contributed by atoms with Crippen molar-refractivity contribution in [2.45, 2.75) is 18.1 Å². The minimum atomic E-state index is -1.62. The van der Waals surface area contributed by atoms with Crippen LogP contribution in [-0.2, 0) is 4.79 Å². The standard InChI is InChI=1S/C22H18N4O3/c1-25-17-12-15(17)22(29,21(25)28)9-8-13-5-4-6-14(11-13)18-16-7-2-3-10-26(16)20(24-18)19(23)27/h2-7,10-11,15,17,29H,12H2,1H3,(H2,23,27)/t15-,17?,22-/m0/s1. The van der Waals surface area contributed by atoms with E-state index in [2.05, 4.69) is 16.8 Å². The van der Waals surface area contributed by atoms with Gasteiger partial charge in [0.05, 0.1) is 11.2 Å². The van der Waals surface area contributed by atoms with Crippen molar-refractivity contribution in [3.63, 3.8) is 0 Å². The number of nitrogens with two attached hydrogens (primary N) is 1. The molecule has 3 aromatic rings. The number of imidazole rings is 1. The van der Waals surface area contributed by atoms with Gasteiger partial charge in [-0.2, -0.15) is 0 Å². The van der Waals surface area contributed by atoms with Gasteiger partial charge in [0, 0.05) is 36.3 Å². The monoisotopic (exact) mass is 386 g/mol. The molecule has 3 heterocycles. The van der Waals surface area contributed by atoms with Crippen molar-refractivity contribution < 1.29 is 14.7 Å². The van der Waals surface area contributed by atoms with E-state index >= 15 is 0 Å². The van der Waals surface area contributed by atoms with Gasteiger partial charge in [0.25, 0.3) is 11.8 Å². The summed E-state index contributed by atoms with van der Waals surface area (Å²) in [5, 5.41) is 10.8. The minimum Gasteiger partial charge on any atom is -0.369 e. The molecule has 7 nitrogen and oxygen atoms in total. The van der Waals surface area contributed by atoms with Gasteiger partial charge in [-0.05, 0) is 30.7 Å². The van der Waals surface area contributed by atoms with E-state index in [1.807, 2.05) is 30.3 Å². The second kappa shape index (κ2) is 5.93. The van der Waals surface area contributed by atoms with E-state index in [4.69, 9.17) is 5.73 Å². The first-order chi connectivity index (χ1) is 13.9. The van der Waals surface area contributed by atoms with Crippen molar-refractivity contribution in [1.82, 2.24) is 14.3 Å². The van der Waals surface area contributed by atoms with Gasteiger partial charge in [-0.1, -0.05) is 30.0 Å². The summed E-state index contributed by atoms with van der Waals surface area (Å²) in [5.41, 5.74) is 6.62. The van der Waals surface area contributed by atoms with Crippen molar-refractivity contribution in [2.24, 2.45) is 11.7 Å². The van der Waals surface area contributed by atoms with E-state index in [0.717, 1.165) is 17.5 Å². The Morgan fingerprint density at radius 3 is 2.86 bits per heavy atom. The SMILES string of the molecule is CN1C(=O)[C@](O)(C#Cc2cccc(-c3nc(C(N)=O)n4ccccc34)c2)[C@H]2CC21. The molecule has 144 valence electrons. The van der Waals surface area contributed by atoms with Crippen LogP contribution in [0.25, 0.3) is 16.8 Å². The summed E-state index contributed by atoms with van der Waals surface area (Å²) in [6, 6.07) is 12.9. The third-order valence-electron chi connectivity index (χ3n) is 5.74. The molecule has 1 aromatic carbocycles. The van der Waals surface area contributed by atoms with Gasteiger partial charge in [0.1, 0.15) is 0 Å². The highest BCUT2D eigenvalue weighted by Gasteiger charge is 2.66. The maximum atomic E-state index is 12.3. The number of rotatable bonds is 2. The first-order valence-corrected chi connectivity index (χ1v) is 9.30. The summed E-state index contributed by atoms with van der Waals surface area (Å²) in [6.07, 6.45) is 2.52. The molecule has 3 atom stereocenters. The highest BCUT2D eigenvalue weighted by atomic mass is 16.3. The molecular weight excluding hydrogens is 368 g/mol. The number of fused-ring (bicyclic) bond motifs is 2. The predicted octanol–water partition coefficient (Wildman–Crippen LogP) is 1.04. The van der Waals surface area contributed by atoms with Crippen LogP contribution >= 0.6 is 0 Å². The van der Waals surface area contributed by atoms with E-state index in [9.17, 15) is 14.7 Å². The molecule has 0 bridgehead atoms. The van der Waals surface area contributed by atoms with Gasteiger partial charge in [0.15, 0.2) is 0 Å². The fourth-order valence-corrected chi connectivity index (χ4v) is 4.12. The molecule has 1 unspecified atom stereocenters. The van der Waals surface area contributed by atoms with E-state index in [0.29, 0.717) is 11.3 Å². The summed E-state index contributed by atoms with van der Waals surface area (Å²) in [4.78, 5) is 30.1. The lowest BCUT2D eigenvalue weighted by Crippen LogP contribution is -2.41. The first-order valence-electron chi connectivity index (χ1n) is 9.30. The van der Waals surface area contributed by atoms with Crippen molar-refractivity contribution in [1.29, 1.82) is 0 Å². The number of likely N-dealkylation sites (N-methyl/N-ethyl adjacent to an activating group) is 1. The molecule has 5 rings (SSSR count). The zero-order valence-electron chi connectivity index (χ0n) is 15.7. The number of likely N-dealkylation sites (tertiary alicyclic amines) is 1. The van der Waals surface area contributed by atoms with Gasteiger partial charge in [-0.3, -0.25) is 14.0 Å². The third-order valence-corrected chi connectivity index (χ3v) is 5.74. The maximum Gasteiger partial charge on any atom is 0.285 e. The number of nitrogens with zero attached hydrogens (tertiary/aromatic N) is 3. The lowest BCUT2D eigenvalue weighted by atomic mass is 9.98. The topological polar surface area (TPSA) is 101 Å². The van der Waals surface area contributed by atoms with Crippen LogP contribution in [0.4, 0.5) is 0 Å². The van der Waals surface area contributed by atoms with Crippen LogP contribution in [0.5, 0.6) is 0 Å². The molecule has 1 aliphatic carbocycles. The number of pyridine rings is 1. The van der Waals surface area contributed by atoms with E-state index in [1.54, 1.807) is 34.7 Å². The number of piperidine rings is 1. The second-order valence-corrected chi connectivity index (χ2v) is 7.53. The first kappa shape index (κ1) is 17.5. The van der Waals surface area contributed by atoms with E-state index < -0.39 is 11.5 Å². The molecule has 7 heteroatoms. The Bertz CT molecular complexity index is 1250. The van der Waals surface area contributed by atoms with Crippen molar-refractivity contribution in [3.8, 4) is 23.1 Å². The van der Waals surface area contributed by atoms with Crippen LogP contribution < -0.4 is 5.73 Å². The Labute approximate surface area is 166 Å². The number of amides is 2. The van der Waals surface area contributed by atoms with Crippen LogP contribution in [-0.4, -0.2) is 49.9 Å². The minimum absolute atomic E-state index is 0.0947. The fraction of sp³-hybridized carbons (Fsp3) is 0.227. The molecule has 0 spiro atoms. The van der Waals surface area contributed by atoms with Crippen LogP contribution in [0.2, 0.25) is 0 Å². The molecule has 1 aliphatic heterocycles. The zero-order valence-corrected chi connectivity index (χ0v) is 15.7. The number of aromatic nitrogens is 2. The number of carbonyl (C=O) groups is 2. The molecule has 2 amide bonds. The molecule has 2 aromatic heterocycles. The molecule has 2 aliphatic rings. The van der Waals surface area contributed by atoms with Gasteiger partial charge in [-0.25, -0.2) is 4.98 Å². The summed E-state index contributed by atoms with van der Waals surface area (Å²) in [5.74, 6) is 4.83. The largest absolute Gasteiger partial charge is 0.369 e. The number of benzene rings is 1. The summed E-state index contributed by atoms with van der Waals surface area (Å²) < 4.78 is 1.65. The van der Waals surface area contributed by atoms with Crippen molar-refractivity contribution in [2.75, 3.05) is 7.05 Å². The van der Waals surface area contributed by atoms with Gasteiger partial charge >= 0.3 is 0 Å². The molecule has 1 saturated carbocycles. The van der Waals surface area contributed by atoms with Crippen molar-refractivity contribution >= 4 is 17.3 Å². The average molecular weight is 386 g/mol. The molecular formula is C22H18N4O3. The molecule has 2 fully saturated rings. The zero-order chi connectivity index (χ0) is 20.3. The Morgan fingerprint density at radius 1 is 1.31 bits per heavy atom. The lowest BCUT2D eigenvalue weighted by molar-refractivity contribution is -0.140. The Kier molecular flexibility index (Phi) is 3.57. The van der Waals surface area contributed by atoms with E-state index in [-0.39, 0.29) is 23.7 Å². The fourth-order valence-electron chi connectivity index (χ4n) is 4.12. The number of hydrogen-bond acceptors (Lipinski definition) is 4. The van der Waals surface area contributed by atoms with Crippen molar-refractivity contribution in [3.05, 3.63) is 60.0 Å². The summed E-state index contributed by atoms with van der Waals surface area (Å²) in [6.45, 7) is 0. The quantitative estimate of drug-likeness (QED) is 0.643. The summed E-state index contributed by atoms with van der Waals surface area (Å²) >= 11 is 0. The molecule has 1 saturated heterocycles. The normalized spacial score (nSPS) is 24.9. The highest BCUT2D eigenvalue weighted by Crippen LogP contribution is 2.50. The molecule has 3 N–H and O–H groups in total. The number of carbonyl (C=O) groups excluding carboxylic acids is 2. The Balaban J connectivity index is 1.55. The van der Waals surface area contributed by atoms with Gasteiger partial charge in [-0.15, -0.1) is 0 Å². The number of aliphatic hydroxyl groups is 1. The van der Waals surface area contributed by atoms with Gasteiger partial charge < -0.3 is 15.7 Å². The molecule has 29 heavy (non-hydrogen) atoms. The smallest absolute Gasteiger partial charge is 0.285 e. The average Bonchev–Trinajstić information content (AvgIpc) is 3.40. The van der Waals surface area contributed by atoms with E-state index in [1.165, 1.54) is 0 Å². The third kappa shape index (κ3) is 2.53. The van der Waals surface area contributed by atoms with Crippen LogP contribution in [0, 0.1) is 17.8 Å². The van der Waals surface area contributed by atoms with Crippen LogP contribution in [0.1, 0.15) is 22.6 Å². The predicted molar refractivity (Wildman–Crippen MR) is 106 cm³/mol. The number of hydrogen-bond donors (Lipinski definition) is 2. The van der Waals surface area contributed by atoms with Gasteiger partial charge in [0.2, 0.25) is 11.4 Å². The molecule has 0 radical (unpaired) electrons. The Hall–Kier alpha value is -3.63. The highest BCUT2D eigenvalue weighted by molar-refractivity contribution is 5.94. The second-order valence-electron chi connectivity index (χ2n) is 7.53. The Morgan fingerprint density at radius 2 is 2.14 bits per heavy atom. The van der Waals surface area contributed by atoms with Crippen LogP contribution in [0.3, 0.4) is 0 Å². The lowest BCUT2D eigenvalue weighted by Gasteiger charge is -2.18. The maximum absolute atomic E-state index is 12.3.